The van der Waals surface area contributed by atoms with Gasteiger partial charge in [0.25, 0.3) is 5.69 Å². The molecule has 0 saturated carbocycles. The van der Waals surface area contributed by atoms with Crippen molar-refractivity contribution >= 4 is 11.4 Å². The summed E-state index contributed by atoms with van der Waals surface area (Å²) in [4.78, 5) is 15.6. The maximum absolute atomic E-state index is 11.2. The van der Waals surface area contributed by atoms with Crippen molar-refractivity contribution in [3.8, 4) is 0 Å². The van der Waals surface area contributed by atoms with Crippen LogP contribution >= 0.6 is 0 Å². The van der Waals surface area contributed by atoms with Crippen molar-refractivity contribution in [2.24, 2.45) is 0 Å². The van der Waals surface area contributed by atoms with Crippen molar-refractivity contribution in [2.45, 2.75) is 19.9 Å². The summed E-state index contributed by atoms with van der Waals surface area (Å²) < 4.78 is 0. The summed E-state index contributed by atoms with van der Waals surface area (Å²) >= 11 is 0. The van der Waals surface area contributed by atoms with E-state index in [4.69, 9.17) is 0 Å². The SMILES string of the molecule is CCCNc1ccc(CN2CCN(C)CC2)cc1[N+](=O)[O-]. The number of rotatable bonds is 6. The molecule has 0 aliphatic carbocycles. The molecule has 0 spiro atoms. The Hall–Kier alpha value is -1.66. The van der Waals surface area contributed by atoms with E-state index < -0.39 is 0 Å². The van der Waals surface area contributed by atoms with Gasteiger partial charge < -0.3 is 10.2 Å². The summed E-state index contributed by atoms with van der Waals surface area (Å²) in [7, 11) is 2.12. The van der Waals surface area contributed by atoms with Crippen LogP contribution in [-0.2, 0) is 6.54 Å². The van der Waals surface area contributed by atoms with Crippen LogP contribution in [0.2, 0.25) is 0 Å². The molecule has 0 radical (unpaired) electrons. The van der Waals surface area contributed by atoms with E-state index in [0.717, 1.165) is 51.3 Å². The fraction of sp³-hybridized carbons (Fsp3) is 0.600. The molecule has 6 heteroatoms. The average Bonchev–Trinajstić information content (AvgIpc) is 2.48. The number of anilines is 1. The first kappa shape index (κ1) is 15.7. The van der Waals surface area contributed by atoms with Crippen molar-refractivity contribution in [1.82, 2.24) is 9.80 Å². The number of hydrogen-bond acceptors (Lipinski definition) is 5. The Balaban J connectivity index is 2.06. The zero-order chi connectivity index (χ0) is 15.2. The molecule has 1 saturated heterocycles. The van der Waals surface area contributed by atoms with Crippen LogP contribution in [0.15, 0.2) is 18.2 Å². The van der Waals surface area contributed by atoms with E-state index >= 15 is 0 Å². The zero-order valence-corrected chi connectivity index (χ0v) is 12.8. The molecule has 6 nitrogen and oxygen atoms in total. The van der Waals surface area contributed by atoms with Crippen LogP contribution in [0.3, 0.4) is 0 Å². The third-order valence-corrected chi connectivity index (χ3v) is 3.83. The van der Waals surface area contributed by atoms with Crippen molar-refractivity contribution < 1.29 is 4.92 Å². The van der Waals surface area contributed by atoms with Crippen molar-refractivity contribution in [3.63, 3.8) is 0 Å². The van der Waals surface area contributed by atoms with E-state index in [0.29, 0.717) is 5.69 Å². The lowest BCUT2D eigenvalue weighted by molar-refractivity contribution is -0.384. The number of piperazine rings is 1. The molecule has 2 rings (SSSR count). The third-order valence-electron chi connectivity index (χ3n) is 3.83. The minimum Gasteiger partial charge on any atom is -0.380 e. The van der Waals surface area contributed by atoms with Gasteiger partial charge >= 0.3 is 0 Å². The number of nitro benzene ring substituents is 1. The number of hydrogen-bond donors (Lipinski definition) is 1. The van der Waals surface area contributed by atoms with Gasteiger partial charge in [0.2, 0.25) is 0 Å². The molecule has 1 N–H and O–H groups in total. The van der Waals surface area contributed by atoms with Crippen LogP contribution in [0.5, 0.6) is 0 Å². The number of likely N-dealkylation sites (N-methyl/N-ethyl adjacent to an activating group) is 1. The van der Waals surface area contributed by atoms with Gasteiger partial charge in [0.1, 0.15) is 5.69 Å². The molecule has 0 amide bonds. The first-order chi connectivity index (χ1) is 10.1. The lowest BCUT2D eigenvalue weighted by atomic mass is 10.1. The maximum Gasteiger partial charge on any atom is 0.292 e. The minimum atomic E-state index is -0.300. The second-order valence-corrected chi connectivity index (χ2v) is 5.61. The van der Waals surface area contributed by atoms with E-state index in [-0.39, 0.29) is 10.6 Å². The van der Waals surface area contributed by atoms with E-state index in [9.17, 15) is 10.1 Å². The molecular weight excluding hydrogens is 268 g/mol. The van der Waals surface area contributed by atoms with Crippen molar-refractivity contribution in [1.29, 1.82) is 0 Å². The van der Waals surface area contributed by atoms with Gasteiger partial charge in [-0.1, -0.05) is 13.0 Å². The molecule has 1 aromatic rings. The van der Waals surface area contributed by atoms with Gasteiger partial charge in [-0.05, 0) is 25.1 Å². The summed E-state index contributed by atoms with van der Waals surface area (Å²) in [6.07, 6.45) is 0.945. The van der Waals surface area contributed by atoms with Gasteiger partial charge in [0.05, 0.1) is 4.92 Å². The molecule has 116 valence electrons. The van der Waals surface area contributed by atoms with Gasteiger partial charge in [0, 0.05) is 45.3 Å². The van der Waals surface area contributed by atoms with Crippen LogP contribution in [0.4, 0.5) is 11.4 Å². The molecule has 1 fully saturated rings. The summed E-state index contributed by atoms with van der Waals surface area (Å²) in [5.41, 5.74) is 1.80. The molecule has 0 unspecified atom stereocenters. The van der Waals surface area contributed by atoms with Crippen LogP contribution in [0, 0.1) is 10.1 Å². The van der Waals surface area contributed by atoms with Crippen LogP contribution in [0.25, 0.3) is 0 Å². The minimum absolute atomic E-state index is 0.176. The molecular formula is C15H24N4O2. The smallest absolute Gasteiger partial charge is 0.292 e. The number of nitrogens with one attached hydrogen (secondary N) is 1. The van der Waals surface area contributed by atoms with Crippen LogP contribution in [-0.4, -0.2) is 54.5 Å². The third kappa shape index (κ3) is 4.41. The fourth-order valence-electron chi connectivity index (χ4n) is 2.50. The second-order valence-electron chi connectivity index (χ2n) is 5.61. The van der Waals surface area contributed by atoms with E-state index in [1.54, 1.807) is 6.07 Å². The highest BCUT2D eigenvalue weighted by Gasteiger charge is 2.17. The number of nitro groups is 1. The van der Waals surface area contributed by atoms with Gasteiger partial charge in [-0.3, -0.25) is 15.0 Å². The van der Waals surface area contributed by atoms with Gasteiger partial charge in [-0.25, -0.2) is 0 Å². The second kappa shape index (κ2) is 7.38. The van der Waals surface area contributed by atoms with Gasteiger partial charge in [-0.2, -0.15) is 0 Å². The predicted octanol–water partition coefficient (Wildman–Crippen LogP) is 2.16. The normalized spacial score (nSPS) is 16.9. The van der Waals surface area contributed by atoms with E-state index in [2.05, 4.69) is 22.2 Å². The Labute approximate surface area is 125 Å². The van der Waals surface area contributed by atoms with Crippen molar-refractivity contribution in [2.75, 3.05) is 45.1 Å². The fourth-order valence-corrected chi connectivity index (χ4v) is 2.50. The first-order valence-corrected chi connectivity index (χ1v) is 7.52. The lowest BCUT2D eigenvalue weighted by Crippen LogP contribution is -2.43. The Kier molecular flexibility index (Phi) is 5.52. The highest BCUT2D eigenvalue weighted by atomic mass is 16.6. The zero-order valence-electron chi connectivity index (χ0n) is 12.8. The highest BCUT2D eigenvalue weighted by molar-refractivity contribution is 5.62. The molecule has 0 aromatic heterocycles. The van der Waals surface area contributed by atoms with Crippen molar-refractivity contribution in [3.05, 3.63) is 33.9 Å². The summed E-state index contributed by atoms with van der Waals surface area (Å²) in [5, 5.41) is 14.3. The van der Waals surface area contributed by atoms with Crippen LogP contribution in [0.1, 0.15) is 18.9 Å². The highest BCUT2D eigenvalue weighted by Crippen LogP contribution is 2.26. The Morgan fingerprint density at radius 1 is 1.29 bits per heavy atom. The summed E-state index contributed by atoms with van der Waals surface area (Å²) in [6.45, 7) is 7.71. The molecule has 1 aliphatic heterocycles. The summed E-state index contributed by atoms with van der Waals surface area (Å²) in [5.74, 6) is 0. The molecule has 1 aliphatic rings. The topological polar surface area (TPSA) is 61.6 Å². The standard InChI is InChI=1S/C15H24N4O2/c1-3-6-16-14-5-4-13(11-15(14)19(20)21)12-18-9-7-17(2)8-10-18/h4-5,11,16H,3,6-10,12H2,1-2H3. The molecule has 0 atom stereocenters. The Bertz CT molecular complexity index is 485. The monoisotopic (exact) mass is 292 g/mol. The maximum atomic E-state index is 11.2. The van der Waals surface area contributed by atoms with Crippen LogP contribution < -0.4 is 5.32 Å². The first-order valence-electron chi connectivity index (χ1n) is 7.52. The Morgan fingerprint density at radius 2 is 2.00 bits per heavy atom. The van der Waals surface area contributed by atoms with E-state index in [1.807, 2.05) is 19.1 Å². The van der Waals surface area contributed by atoms with Gasteiger partial charge in [0.15, 0.2) is 0 Å². The molecule has 1 heterocycles. The number of benzene rings is 1. The molecule has 0 bridgehead atoms. The largest absolute Gasteiger partial charge is 0.380 e. The quantitative estimate of drug-likeness (QED) is 0.643. The lowest BCUT2D eigenvalue weighted by Gasteiger charge is -2.32. The van der Waals surface area contributed by atoms with E-state index in [1.165, 1.54) is 0 Å². The Morgan fingerprint density at radius 3 is 2.62 bits per heavy atom. The van der Waals surface area contributed by atoms with Gasteiger partial charge in [-0.15, -0.1) is 0 Å². The summed E-state index contributed by atoms with van der Waals surface area (Å²) in [6, 6.07) is 5.53. The molecule has 21 heavy (non-hydrogen) atoms. The predicted molar refractivity (Wildman–Crippen MR) is 84.7 cm³/mol. The average molecular weight is 292 g/mol. The molecule has 1 aromatic carbocycles. The number of nitrogens with zero attached hydrogens (tertiary/aromatic N) is 3.